The minimum absolute atomic E-state index is 0.0146. The predicted octanol–water partition coefficient (Wildman–Crippen LogP) is 11.7. The lowest BCUT2D eigenvalue weighted by atomic mass is 9.36. The minimum Gasteiger partial charge on any atom is -0.456 e. The summed E-state index contributed by atoms with van der Waals surface area (Å²) in [6.07, 6.45) is 0. The molecule has 0 saturated heterocycles. The number of furan rings is 2. The molecule has 254 valence electrons. The van der Waals surface area contributed by atoms with E-state index in [1.807, 2.05) is 17.4 Å². The lowest BCUT2D eigenvalue weighted by Gasteiger charge is -2.38. The molecule has 0 aliphatic carbocycles. The molecule has 0 atom stereocenters. The quantitative estimate of drug-likeness (QED) is 0.159. The molecule has 0 spiro atoms. The van der Waals surface area contributed by atoms with E-state index in [0.717, 1.165) is 44.2 Å². The molecule has 2 aliphatic heterocycles. The molecule has 4 aromatic heterocycles. The summed E-state index contributed by atoms with van der Waals surface area (Å²) >= 11 is 1.95. The number of rotatable bonds is 1. The highest BCUT2D eigenvalue weighted by atomic mass is 32.1. The first-order valence-electron chi connectivity index (χ1n) is 18.7. The number of hydrogen-bond acceptors (Lipinski definition) is 4. The molecule has 2 aliphatic rings. The fourth-order valence-corrected chi connectivity index (χ4v) is 11.1. The van der Waals surface area contributed by atoms with Crippen LogP contribution in [0.4, 0.5) is 17.1 Å². The third kappa shape index (κ3) is 3.55. The Morgan fingerprint density at radius 2 is 1.26 bits per heavy atom. The van der Waals surface area contributed by atoms with Crippen molar-refractivity contribution in [2.75, 3.05) is 4.90 Å². The van der Waals surface area contributed by atoms with E-state index in [9.17, 15) is 0 Å². The molecule has 0 saturated carbocycles. The molecule has 13 rings (SSSR count). The highest BCUT2D eigenvalue weighted by Crippen LogP contribution is 2.48. The highest BCUT2D eigenvalue weighted by Gasteiger charge is 2.44. The molecule has 0 fully saturated rings. The zero-order chi connectivity index (χ0) is 35.6. The zero-order valence-electron chi connectivity index (χ0n) is 29.9. The summed E-state index contributed by atoms with van der Waals surface area (Å²) in [5, 5.41) is 8.42. The number of para-hydroxylation sites is 3. The van der Waals surface area contributed by atoms with Gasteiger partial charge in [0.1, 0.15) is 22.3 Å². The Balaban J connectivity index is 1.19. The summed E-state index contributed by atoms with van der Waals surface area (Å²) < 4.78 is 18.2. The number of aromatic nitrogens is 1. The third-order valence-electron chi connectivity index (χ3n) is 12.1. The summed E-state index contributed by atoms with van der Waals surface area (Å²) in [6.45, 7) is 7.00. The Morgan fingerprint density at radius 1 is 0.556 bits per heavy atom. The Hall–Kier alpha value is -6.24. The van der Waals surface area contributed by atoms with Crippen molar-refractivity contribution in [1.29, 1.82) is 0 Å². The summed E-state index contributed by atoms with van der Waals surface area (Å²) in [5.41, 5.74) is 15.0. The monoisotopic (exact) mass is 710 g/mol. The van der Waals surface area contributed by atoms with E-state index in [2.05, 4.69) is 158 Å². The van der Waals surface area contributed by atoms with Gasteiger partial charge in [-0.25, -0.2) is 0 Å². The predicted molar refractivity (Wildman–Crippen MR) is 229 cm³/mol. The molecule has 0 radical (unpaired) electrons. The number of benzene rings is 7. The van der Waals surface area contributed by atoms with Crippen molar-refractivity contribution in [3.05, 3.63) is 139 Å². The van der Waals surface area contributed by atoms with Crippen molar-refractivity contribution in [2.24, 2.45) is 0 Å². The molecule has 0 amide bonds. The molecule has 0 N–H and O–H groups in total. The topological polar surface area (TPSA) is 34.5 Å². The van der Waals surface area contributed by atoms with Crippen LogP contribution in [0, 0.1) is 0 Å². The molecule has 4 nitrogen and oxygen atoms in total. The van der Waals surface area contributed by atoms with Crippen LogP contribution in [-0.2, 0) is 5.41 Å². The van der Waals surface area contributed by atoms with Gasteiger partial charge in [0, 0.05) is 70.4 Å². The van der Waals surface area contributed by atoms with Crippen LogP contribution in [0.1, 0.15) is 26.3 Å². The molecule has 0 bridgehead atoms. The maximum Gasteiger partial charge on any atom is 0.264 e. The third-order valence-corrected chi connectivity index (χ3v) is 13.3. The maximum absolute atomic E-state index is 6.52. The van der Waals surface area contributed by atoms with E-state index in [-0.39, 0.29) is 12.1 Å². The van der Waals surface area contributed by atoms with Crippen molar-refractivity contribution in [1.82, 2.24) is 4.57 Å². The Morgan fingerprint density at radius 3 is 2.13 bits per heavy atom. The van der Waals surface area contributed by atoms with Gasteiger partial charge in [-0.2, -0.15) is 0 Å². The van der Waals surface area contributed by atoms with Gasteiger partial charge in [-0.1, -0.05) is 87.5 Å². The van der Waals surface area contributed by atoms with Gasteiger partial charge >= 0.3 is 0 Å². The van der Waals surface area contributed by atoms with Crippen LogP contribution in [0.3, 0.4) is 0 Å². The van der Waals surface area contributed by atoms with Crippen molar-refractivity contribution >= 4 is 127 Å². The van der Waals surface area contributed by atoms with Crippen LogP contribution in [0.5, 0.6) is 0 Å². The maximum atomic E-state index is 6.52. The van der Waals surface area contributed by atoms with Gasteiger partial charge in [-0.15, -0.1) is 11.3 Å². The fraction of sp³-hybridized carbons (Fsp3) is 0.0833. The second-order valence-corrected chi connectivity index (χ2v) is 17.1. The second-order valence-electron chi connectivity index (χ2n) is 16.0. The van der Waals surface area contributed by atoms with Crippen LogP contribution < -0.4 is 20.6 Å². The van der Waals surface area contributed by atoms with E-state index in [1.165, 1.54) is 75.6 Å². The second kappa shape index (κ2) is 9.84. The Bertz CT molecular complexity index is 3460. The van der Waals surface area contributed by atoms with Crippen LogP contribution in [-0.4, -0.2) is 11.3 Å². The summed E-state index contributed by atoms with van der Waals surface area (Å²) in [4.78, 5) is 2.53. The summed E-state index contributed by atoms with van der Waals surface area (Å²) in [7, 11) is 0. The first-order valence-corrected chi connectivity index (χ1v) is 19.5. The molecule has 54 heavy (non-hydrogen) atoms. The Kier molecular flexibility index (Phi) is 5.33. The molecule has 7 aromatic carbocycles. The lowest BCUT2D eigenvalue weighted by Crippen LogP contribution is -2.59. The van der Waals surface area contributed by atoms with E-state index < -0.39 is 0 Å². The van der Waals surface area contributed by atoms with Crippen molar-refractivity contribution in [3.8, 4) is 5.69 Å². The van der Waals surface area contributed by atoms with E-state index >= 15 is 0 Å². The number of fused-ring (bicyclic) bond motifs is 16. The van der Waals surface area contributed by atoms with Crippen LogP contribution in [0.2, 0.25) is 0 Å². The number of anilines is 3. The van der Waals surface area contributed by atoms with Gasteiger partial charge in [0.25, 0.3) is 6.71 Å². The standard InChI is InChI=1S/C48H31BN2O2S/c1-48(2,3)26-18-23-41-33(24-26)46-47(54-41)49-34-13-8-12-30-31-21-22-39-42(32-11-5-7-17-38(32)52-39)45(31)51(44(30)34)36-15-9-14-35(43(36)49)50(46)27-19-20-29-28-10-4-6-16-37(28)53-40(29)25-27/h4-25H,1-3H3. The summed E-state index contributed by atoms with van der Waals surface area (Å²) in [5.74, 6) is 0. The van der Waals surface area contributed by atoms with Gasteiger partial charge in [0.05, 0.1) is 16.6 Å². The average Bonchev–Trinajstić information content (AvgIpc) is 3.94. The van der Waals surface area contributed by atoms with Gasteiger partial charge in [-0.3, -0.25) is 0 Å². The van der Waals surface area contributed by atoms with Crippen LogP contribution >= 0.6 is 11.3 Å². The van der Waals surface area contributed by atoms with Crippen LogP contribution in [0.15, 0.2) is 142 Å². The Labute approximate surface area is 314 Å². The van der Waals surface area contributed by atoms with E-state index in [1.54, 1.807) is 0 Å². The summed E-state index contributed by atoms with van der Waals surface area (Å²) in [6, 6.07) is 49.0. The van der Waals surface area contributed by atoms with Crippen molar-refractivity contribution in [2.45, 2.75) is 26.2 Å². The molecular weight excluding hydrogens is 679 g/mol. The van der Waals surface area contributed by atoms with E-state index in [0.29, 0.717) is 0 Å². The molecular formula is C48H31BN2O2S. The first kappa shape index (κ1) is 29.2. The minimum atomic E-state index is 0.0146. The molecule has 6 heterocycles. The number of nitrogens with zero attached hydrogens (tertiary/aromatic N) is 2. The first-order chi connectivity index (χ1) is 26.4. The average molecular weight is 711 g/mol. The fourth-order valence-electron chi connectivity index (χ4n) is 9.76. The van der Waals surface area contributed by atoms with Gasteiger partial charge in [0.15, 0.2) is 0 Å². The molecule has 0 unspecified atom stereocenters. The smallest absolute Gasteiger partial charge is 0.264 e. The van der Waals surface area contributed by atoms with Gasteiger partial charge in [-0.05, 0) is 82.6 Å². The number of thiophene rings is 1. The van der Waals surface area contributed by atoms with Crippen molar-refractivity contribution in [3.63, 3.8) is 0 Å². The molecule has 11 aromatic rings. The van der Waals surface area contributed by atoms with E-state index in [4.69, 9.17) is 8.83 Å². The van der Waals surface area contributed by atoms with Gasteiger partial charge < -0.3 is 18.3 Å². The van der Waals surface area contributed by atoms with Crippen molar-refractivity contribution < 1.29 is 8.83 Å². The SMILES string of the molecule is CC(C)(C)c1ccc2sc3c(c2c1)N(c1ccc2c(c1)oc1ccccc12)c1cccc2c1B3c1cccc3c4ccc5oc6ccccc6c5c4n-2c13. The highest BCUT2D eigenvalue weighted by molar-refractivity contribution is 7.33. The molecule has 6 heteroatoms. The zero-order valence-corrected chi connectivity index (χ0v) is 30.7. The van der Waals surface area contributed by atoms with Crippen LogP contribution in [0.25, 0.3) is 81.5 Å². The van der Waals surface area contributed by atoms with Gasteiger partial charge in [0.2, 0.25) is 0 Å². The lowest BCUT2D eigenvalue weighted by molar-refractivity contribution is 0.591. The normalized spacial score (nSPS) is 13.8. The largest absolute Gasteiger partial charge is 0.456 e. The number of hydrogen-bond donors (Lipinski definition) is 0.